The van der Waals surface area contributed by atoms with E-state index in [0.29, 0.717) is 32.8 Å². The number of Topliss-reactive ketones (excluding diaryl/α,β-unsaturated/α-hetero) is 1. The smallest absolute Gasteiger partial charge is 0.239 e. The summed E-state index contributed by atoms with van der Waals surface area (Å²) in [5, 5.41) is 2.75. The lowest BCUT2D eigenvalue weighted by molar-refractivity contribution is -0.134. The van der Waals surface area contributed by atoms with Crippen LogP contribution in [0.25, 0.3) is 0 Å². The third kappa shape index (κ3) is 3.60. The number of carbonyl (C=O) groups excluding carboxylic acids is 2. The number of nitrogens with one attached hydrogen (secondary N) is 1. The fourth-order valence-electron chi connectivity index (χ4n) is 1.65. The minimum atomic E-state index is -0.317. The second kappa shape index (κ2) is 5.82. The first-order chi connectivity index (χ1) is 7.15. The van der Waals surface area contributed by atoms with Crippen molar-refractivity contribution in [1.29, 1.82) is 0 Å². The van der Waals surface area contributed by atoms with Crippen LogP contribution in [0, 0.1) is 0 Å². The van der Waals surface area contributed by atoms with Gasteiger partial charge in [-0.2, -0.15) is 0 Å². The van der Waals surface area contributed by atoms with Gasteiger partial charge in [-0.1, -0.05) is 0 Å². The Balaban J connectivity index is 2.56. The van der Waals surface area contributed by atoms with Crippen LogP contribution in [0.5, 0.6) is 0 Å². The molecule has 1 rings (SSSR count). The van der Waals surface area contributed by atoms with Crippen LogP contribution in [-0.2, 0) is 14.3 Å². The molecule has 1 aliphatic rings. The van der Waals surface area contributed by atoms with Gasteiger partial charge in [-0.05, 0) is 13.8 Å². The molecule has 1 fully saturated rings. The van der Waals surface area contributed by atoms with Crippen LogP contribution in [0.3, 0.4) is 0 Å². The molecule has 1 atom stereocenters. The highest BCUT2D eigenvalue weighted by atomic mass is 16.5. The van der Waals surface area contributed by atoms with Gasteiger partial charge in [-0.25, -0.2) is 0 Å². The summed E-state index contributed by atoms with van der Waals surface area (Å²) in [6.45, 7) is 5.93. The Morgan fingerprint density at radius 1 is 1.53 bits per heavy atom. The molecule has 0 radical (unpaired) electrons. The van der Waals surface area contributed by atoms with Crippen molar-refractivity contribution >= 4 is 11.7 Å². The van der Waals surface area contributed by atoms with Crippen LogP contribution in [0.15, 0.2) is 0 Å². The van der Waals surface area contributed by atoms with Gasteiger partial charge in [0.05, 0.1) is 19.8 Å². The molecule has 1 saturated heterocycles. The van der Waals surface area contributed by atoms with Crippen LogP contribution >= 0.6 is 0 Å². The standard InChI is InChI=1S/C10H18N2O3/c1-3-11-10(14)9-7-15-5-4-12(9)6-8(2)13/h9H,3-7H2,1-2H3,(H,11,14). The number of nitrogens with zero attached hydrogens (tertiary/aromatic N) is 1. The molecular formula is C10H18N2O3. The zero-order chi connectivity index (χ0) is 11.3. The molecule has 0 bridgehead atoms. The van der Waals surface area contributed by atoms with Crippen molar-refractivity contribution in [3.63, 3.8) is 0 Å². The average molecular weight is 214 g/mol. The third-order valence-electron chi connectivity index (χ3n) is 2.32. The molecular weight excluding hydrogens is 196 g/mol. The summed E-state index contributed by atoms with van der Waals surface area (Å²) < 4.78 is 5.25. The molecule has 5 heteroatoms. The van der Waals surface area contributed by atoms with Gasteiger partial charge < -0.3 is 10.1 Å². The second-order valence-electron chi connectivity index (χ2n) is 3.66. The average Bonchev–Trinajstić information content (AvgIpc) is 2.18. The van der Waals surface area contributed by atoms with E-state index in [9.17, 15) is 9.59 Å². The summed E-state index contributed by atoms with van der Waals surface area (Å²) in [5.41, 5.74) is 0. The first-order valence-electron chi connectivity index (χ1n) is 5.24. The maximum atomic E-state index is 11.6. The van der Waals surface area contributed by atoms with Crippen LogP contribution in [-0.4, -0.2) is 55.5 Å². The molecule has 0 spiro atoms. The number of hydrogen-bond acceptors (Lipinski definition) is 4. The fraction of sp³-hybridized carbons (Fsp3) is 0.800. The van der Waals surface area contributed by atoms with Gasteiger partial charge in [-0.3, -0.25) is 14.5 Å². The highest BCUT2D eigenvalue weighted by Crippen LogP contribution is 2.06. The van der Waals surface area contributed by atoms with Crippen molar-refractivity contribution in [2.75, 3.05) is 32.8 Å². The molecule has 15 heavy (non-hydrogen) atoms. The predicted octanol–water partition coefficient (Wildman–Crippen LogP) is -0.588. The molecule has 1 aliphatic heterocycles. The fourth-order valence-corrected chi connectivity index (χ4v) is 1.65. The molecule has 86 valence electrons. The maximum Gasteiger partial charge on any atom is 0.239 e. The van der Waals surface area contributed by atoms with Crippen molar-refractivity contribution in [2.24, 2.45) is 0 Å². The third-order valence-corrected chi connectivity index (χ3v) is 2.32. The largest absolute Gasteiger partial charge is 0.378 e. The number of hydrogen-bond donors (Lipinski definition) is 1. The van der Waals surface area contributed by atoms with E-state index in [1.165, 1.54) is 6.92 Å². The van der Waals surface area contributed by atoms with Gasteiger partial charge >= 0.3 is 0 Å². The lowest BCUT2D eigenvalue weighted by atomic mass is 10.2. The zero-order valence-corrected chi connectivity index (χ0v) is 9.28. The predicted molar refractivity (Wildman–Crippen MR) is 55.5 cm³/mol. The number of likely N-dealkylation sites (N-methyl/N-ethyl adjacent to an activating group) is 1. The van der Waals surface area contributed by atoms with E-state index in [2.05, 4.69) is 5.32 Å². The summed E-state index contributed by atoms with van der Waals surface area (Å²) in [6.07, 6.45) is 0. The van der Waals surface area contributed by atoms with Gasteiger partial charge in [-0.15, -0.1) is 0 Å². The molecule has 0 aromatic carbocycles. The molecule has 1 unspecified atom stereocenters. The quantitative estimate of drug-likeness (QED) is 0.679. The van der Waals surface area contributed by atoms with Gasteiger partial charge in [0, 0.05) is 13.1 Å². The Morgan fingerprint density at radius 3 is 2.87 bits per heavy atom. The molecule has 5 nitrogen and oxygen atoms in total. The Hall–Kier alpha value is -0.940. The van der Waals surface area contributed by atoms with E-state index in [1.807, 2.05) is 11.8 Å². The minimum Gasteiger partial charge on any atom is -0.378 e. The molecule has 0 aliphatic carbocycles. The number of morpholine rings is 1. The number of carbonyl (C=O) groups is 2. The monoisotopic (exact) mass is 214 g/mol. The van der Waals surface area contributed by atoms with Crippen molar-refractivity contribution in [3.05, 3.63) is 0 Å². The highest BCUT2D eigenvalue weighted by molar-refractivity contribution is 5.83. The van der Waals surface area contributed by atoms with E-state index in [-0.39, 0.29) is 17.7 Å². The Morgan fingerprint density at radius 2 is 2.27 bits per heavy atom. The van der Waals surface area contributed by atoms with Crippen molar-refractivity contribution in [1.82, 2.24) is 10.2 Å². The highest BCUT2D eigenvalue weighted by Gasteiger charge is 2.29. The van der Waals surface area contributed by atoms with E-state index in [4.69, 9.17) is 4.74 Å². The van der Waals surface area contributed by atoms with Gasteiger partial charge in [0.15, 0.2) is 0 Å². The number of rotatable bonds is 4. The van der Waals surface area contributed by atoms with E-state index >= 15 is 0 Å². The number of amides is 1. The van der Waals surface area contributed by atoms with Crippen LogP contribution < -0.4 is 5.32 Å². The van der Waals surface area contributed by atoms with E-state index < -0.39 is 0 Å². The number of ether oxygens (including phenoxy) is 1. The van der Waals surface area contributed by atoms with Crippen molar-refractivity contribution in [2.45, 2.75) is 19.9 Å². The van der Waals surface area contributed by atoms with E-state index in [0.717, 1.165) is 0 Å². The Kier molecular flexibility index (Phi) is 4.71. The summed E-state index contributed by atoms with van der Waals surface area (Å²) >= 11 is 0. The molecule has 1 N–H and O–H groups in total. The van der Waals surface area contributed by atoms with Crippen LogP contribution in [0.4, 0.5) is 0 Å². The maximum absolute atomic E-state index is 11.6. The zero-order valence-electron chi connectivity index (χ0n) is 9.28. The molecule has 1 amide bonds. The summed E-state index contributed by atoms with van der Waals surface area (Å²) in [4.78, 5) is 24.5. The van der Waals surface area contributed by atoms with Crippen LogP contribution in [0.1, 0.15) is 13.8 Å². The van der Waals surface area contributed by atoms with Gasteiger partial charge in [0.1, 0.15) is 11.8 Å². The summed E-state index contributed by atoms with van der Waals surface area (Å²) in [6, 6.07) is -0.317. The summed E-state index contributed by atoms with van der Waals surface area (Å²) in [7, 11) is 0. The van der Waals surface area contributed by atoms with Crippen LogP contribution in [0.2, 0.25) is 0 Å². The molecule has 0 saturated carbocycles. The molecule has 1 heterocycles. The molecule has 0 aromatic heterocycles. The Bertz CT molecular complexity index is 243. The van der Waals surface area contributed by atoms with Gasteiger partial charge in [0.25, 0.3) is 0 Å². The summed E-state index contributed by atoms with van der Waals surface area (Å²) in [5.74, 6) is 0.0182. The SMILES string of the molecule is CCNC(=O)C1COCCN1CC(C)=O. The van der Waals surface area contributed by atoms with Crippen molar-refractivity contribution < 1.29 is 14.3 Å². The topological polar surface area (TPSA) is 58.6 Å². The first-order valence-corrected chi connectivity index (χ1v) is 5.24. The lowest BCUT2D eigenvalue weighted by Crippen LogP contribution is -2.54. The minimum absolute atomic E-state index is 0.0570. The van der Waals surface area contributed by atoms with Crippen molar-refractivity contribution in [3.8, 4) is 0 Å². The van der Waals surface area contributed by atoms with E-state index in [1.54, 1.807) is 0 Å². The van der Waals surface area contributed by atoms with Gasteiger partial charge in [0.2, 0.25) is 5.91 Å². The normalized spacial score (nSPS) is 22.4. The second-order valence-corrected chi connectivity index (χ2v) is 3.66. The first kappa shape index (κ1) is 12.1. The Labute approximate surface area is 89.8 Å². The lowest BCUT2D eigenvalue weighted by Gasteiger charge is -2.33. The number of ketones is 1. The molecule has 0 aromatic rings.